The highest BCUT2D eigenvalue weighted by atomic mass is 16.4. The minimum absolute atomic E-state index is 0.0129. The largest absolute Gasteiger partial charge is 0.480 e. The van der Waals surface area contributed by atoms with Crippen molar-refractivity contribution >= 4 is 11.9 Å². The van der Waals surface area contributed by atoms with Gasteiger partial charge in [-0.3, -0.25) is 9.79 Å². The molecule has 0 aliphatic carbocycles. The van der Waals surface area contributed by atoms with Crippen molar-refractivity contribution in [2.45, 2.75) is 38.8 Å². The van der Waals surface area contributed by atoms with Crippen molar-refractivity contribution < 1.29 is 9.90 Å². The van der Waals surface area contributed by atoms with Gasteiger partial charge >= 0.3 is 5.97 Å². The fourth-order valence-electron chi connectivity index (χ4n) is 1.67. The molecule has 0 fully saturated rings. The van der Waals surface area contributed by atoms with Crippen LogP contribution in [0.25, 0.3) is 0 Å². The number of aliphatic carboxylic acids is 1. The summed E-state index contributed by atoms with van der Waals surface area (Å²) in [6.45, 7) is 5.88. The third-order valence-electron chi connectivity index (χ3n) is 2.95. The molecule has 120 valence electrons. The molecule has 1 unspecified atom stereocenters. The highest BCUT2D eigenvalue weighted by Crippen LogP contribution is 2.05. The van der Waals surface area contributed by atoms with Gasteiger partial charge in [-0.15, -0.1) is 0 Å². The van der Waals surface area contributed by atoms with Crippen LogP contribution >= 0.6 is 0 Å². The predicted molar refractivity (Wildman–Crippen MR) is 85.6 cm³/mol. The maximum atomic E-state index is 10.2. The number of nitrogens with two attached hydrogens (primary N) is 3. The molecule has 1 rings (SSSR count). The Bertz CT molecular complexity index is 389. The van der Waals surface area contributed by atoms with Crippen LogP contribution in [-0.4, -0.2) is 47.1 Å². The molecule has 0 aromatic heterocycles. The van der Waals surface area contributed by atoms with E-state index in [4.69, 9.17) is 22.3 Å². The molecular weight excluding hydrogens is 270 g/mol. The summed E-state index contributed by atoms with van der Waals surface area (Å²) >= 11 is 0. The van der Waals surface area contributed by atoms with Gasteiger partial charge in [-0.05, 0) is 39.0 Å². The molecule has 0 aromatic carbocycles. The molecule has 2 atom stereocenters. The van der Waals surface area contributed by atoms with Crippen molar-refractivity contribution in [2.24, 2.45) is 22.2 Å². The first-order valence-electron chi connectivity index (χ1n) is 7.03. The Morgan fingerprint density at radius 3 is 2.52 bits per heavy atom. The predicted octanol–water partition coefficient (Wildman–Crippen LogP) is 0.232. The van der Waals surface area contributed by atoms with Gasteiger partial charge in [0.2, 0.25) is 0 Å². The summed E-state index contributed by atoms with van der Waals surface area (Å²) in [5.41, 5.74) is 15.3. The summed E-state index contributed by atoms with van der Waals surface area (Å²) in [7, 11) is 0. The van der Waals surface area contributed by atoms with Crippen LogP contribution in [0.3, 0.4) is 0 Å². The SMILES string of the molecule is CCN1C=CC=CC1C.NC(N)=NCCC[C@H](N)C(=O)O. The number of aliphatic imine (C=N–C) groups is 1. The van der Waals surface area contributed by atoms with E-state index >= 15 is 0 Å². The van der Waals surface area contributed by atoms with Crippen molar-refractivity contribution in [3.63, 3.8) is 0 Å². The third kappa shape index (κ3) is 9.50. The zero-order chi connectivity index (χ0) is 16.3. The lowest BCUT2D eigenvalue weighted by Gasteiger charge is -2.25. The van der Waals surface area contributed by atoms with E-state index in [9.17, 15) is 4.79 Å². The quantitative estimate of drug-likeness (QED) is 0.315. The van der Waals surface area contributed by atoms with Crippen LogP contribution in [0, 0.1) is 0 Å². The van der Waals surface area contributed by atoms with Crippen LogP contribution in [0.4, 0.5) is 0 Å². The maximum Gasteiger partial charge on any atom is 0.320 e. The summed E-state index contributed by atoms with van der Waals surface area (Å²) in [5.74, 6) is -0.987. The second kappa shape index (κ2) is 10.7. The minimum atomic E-state index is -1.00. The molecule has 1 heterocycles. The summed E-state index contributed by atoms with van der Waals surface area (Å²) in [4.78, 5) is 16.2. The van der Waals surface area contributed by atoms with Gasteiger partial charge in [0.15, 0.2) is 5.96 Å². The number of carbonyl (C=O) groups is 1. The molecule has 0 aromatic rings. The third-order valence-corrected chi connectivity index (χ3v) is 2.95. The van der Waals surface area contributed by atoms with Crippen LogP contribution < -0.4 is 17.2 Å². The van der Waals surface area contributed by atoms with Crippen LogP contribution in [0.5, 0.6) is 0 Å². The molecule has 0 saturated heterocycles. The molecule has 7 nitrogen and oxygen atoms in total. The molecular formula is C14H27N5O2. The molecule has 7 heteroatoms. The number of allylic oxidation sites excluding steroid dienone is 2. The number of rotatable bonds is 6. The second-order valence-electron chi connectivity index (χ2n) is 4.69. The average molecular weight is 297 g/mol. The number of likely N-dealkylation sites (N-methyl/N-ethyl adjacent to an activating group) is 1. The number of carboxylic acids is 1. The molecule has 1 aliphatic rings. The highest BCUT2D eigenvalue weighted by Gasteiger charge is 2.09. The summed E-state index contributed by atoms with van der Waals surface area (Å²) < 4.78 is 0. The fourth-order valence-corrected chi connectivity index (χ4v) is 1.67. The lowest BCUT2D eigenvalue weighted by molar-refractivity contribution is -0.138. The monoisotopic (exact) mass is 297 g/mol. The maximum absolute atomic E-state index is 10.2. The topological polar surface area (TPSA) is 131 Å². The van der Waals surface area contributed by atoms with Gasteiger partial charge < -0.3 is 27.2 Å². The molecule has 21 heavy (non-hydrogen) atoms. The second-order valence-corrected chi connectivity index (χ2v) is 4.69. The Morgan fingerprint density at radius 2 is 2.10 bits per heavy atom. The van der Waals surface area contributed by atoms with Crippen LogP contribution in [0.2, 0.25) is 0 Å². The van der Waals surface area contributed by atoms with Crippen molar-refractivity contribution in [2.75, 3.05) is 13.1 Å². The average Bonchev–Trinajstić information content (AvgIpc) is 2.44. The molecule has 7 N–H and O–H groups in total. The van der Waals surface area contributed by atoms with Crippen molar-refractivity contribution in [3.05, 3.63) is 24.4 Å². The van der Waals surface area contributed by atoms with Crippen molar-refractivity contribution in [1.29, 1.82) is 0 Å². The summed E-state index contributed by atoms with van der Waals surface area (Å²) in [6.07, 6.45) is 9.45. The molecule has 1 aliphatic heterocycles. The van der Waals surface area contributed by atoms with Crippen LogP contribution in [0.1, 0.15) is 26.7 Å². The van der Waals surface area contributed by atoms with E-state index in [1.807, 2.05) is 0 Å². The summed E-state index contributed by atoms with van der Waals surface area (Å²) in [5, 5.41) is 8.38. The lowest BCUT2D eigenvalue weighted by atomic mass is 10.2. The molecule has 0 radical (unpaired) electrons. The Kier molecular flexibility index (Phi) is 9.70. The van der Waals surface area contributed by atoms with Gasteiger partial charge in [0.05, 0.1) is 0 Å². The van der Waals surface area contributed by atoms with E-state index in [-0.39, 0.29) is 5.96 Å². The Morgan fingerprint density at radius 1 is 1.43 bits per heavy atom. The van der Waals surface area contributed by atoms with Gasteiger partial charge in [0.25, 0.3) is 0 Å². The van der Waals surface area contributed by atoms with Gasteiger partial charge in [0.1, 0.15) is 6.04 Å². The standard InChI is InChI=1S/C8H13N.C6H14N4O2/c1-3-9-7-5-4-6-8(9)2;7-4(5(11)12)2-1-3-10-6(8)9/h4-8H,3H2,1-2H3;4H,1-3,7H2,(H,11,12)(H4,8,9,10)/t;4-/m.0/s1. The first-order valence-corrected chi connectivity index (χ1v) is 7.03. The van der Waals surface area contributed by atoms with E-state index in [0.717, 1.165) is 6.54 Å². The van der Waals surface area contributed by atoms with Gasteiger partial charge in [-0.1, -0.05) is 12.2 Å². The first kappa shape index (κ1) is 19.0. The Hall–Kier alpha value is -2.02. The molecule has 0 spiro atoms. The number of hydrogen-bond donors (Lipinski definition) is 4. The smallest absolute Gasteiger partial charge is 0.320 e. The van der Waals surface area contributed by atoms with Gasteiger partial charge in [-0.25, -0.2) is 0 Å². The van der Waals surface area contributed by atoms with Gasteiger partial charge in [0, 0.05) is 19.1 Å². The fraction of sp³-hybridized carbons (Fsp3) is 0.571. The van der Waals surface area contributed by atoms with Crippen molar-refractivity contribution in [1.82, 2.24) is 4.90 Å². The summed E-state index contributed by atoms with van der Waals surface area (Å²) in [6, 6.07) is -0.237. The zero-order valence-corrected chi connectivity index (χ0v) is 12.8. The van der Waals surface area contributed by atoms with E-state index in [1.54, 1.807) is 0 Å². The van der Waals surface area contributed by atoms with Crippen LogP contribution in [0.15, 0.2) is 29.4 Å². The molecule has 0 bridgehead atoms. The van der Waals surface area contributed by atoms with Crippen molar-refractivity contribution in [3.8, 4) is 0 Å². The zero-order valence-electron chi connectivity index (χ0n) is 12.8. The number of carboxylic acid groups (broad SMARTS) is 1. The van der Waals surface area contributed by atoms with Crippen LogP contribution in [-0.2, 0) is 4.79 Å². The Labute approximate surface area is 126 Å². The molecule has 0 saturated carbocycles. The lowest BCUT2D eigenvalue weighted by Crippen LogP contribution is -2.30. The van der Waals surface area contributed by atoms with E-state index < -0.39 is 12.0 Å². The Balaban J connectivity index is 0.000000394. The number of guanidine groups is 1. The first-order chi connectivity index (χ1) is 9.88. The number of nitrogens with zero attached hydrogens (tertiary/aromatic N) is 2. The van der Waals surface area contributed by atoms with E-state index in [2.05, 4.69) is 48.2 Å². The normalized spacial score (nSPS) is 17.7. The molecule has 0 amide bonds. The minimum Gasteiger partial charge on any atom is -0.480 e. The number of hydrogen-bond acceptors (Lipinski definition) is 4. The van der Waals surface area contributed by atoms with E-state index in [0.29, 0.717) is 25.4 Å². The van der Waals surface area contributed by atoms with E-state index in [1.165, 1.54) is 0 Å². The highest BCUT2D eigenvalue weighted by molar-refractivity contribution is 5.75. The van der Waals surface area contributed by atoms with Gasteiger partial charge in [-0.2, -0.15) is 0 Å².